The Hall–Kier alpha value is -2.44. The van der Waals surface area contributed by atoms with E-state index < -0.39 is 0 Å². The molecule has 1 heterocycles. The Morgan fingerprint density at radius 3 is 2.31 bits per heavy atom. The van der Waals surface area contributed by atoms with Gasteiger partial charge < -0.3 is 9.64 Å². The summed E-state index contributed by atoms with van der Waals surface area (Å²) in [4.78, 5) is 16.8. The van der Waals surface area contributed by atoms with E-state index >= 15 is 0 Å². The zero-order valence-corrected chi connectivity index (χ0v) is 15.7. The third-order valence-electron chi connectivity index (χ3n) is 4.48. The van der Waals surface area contributed by atoms with Gasteiger partial charge in [-0.25, -0.2) is 0 Å². The molecule has 2 aromatic rings. The van der Waals surface area contributed by atoms with Gasteiger partial charge in [0.2, 0.25) is 0 Å². The van der Waals surface area contributed by atoms with Crippen molar-refractivity contribution in [1.29, 1.82) is 0 Å². The van der Waals surface area contributed by atoms with Crippen molar-refractivity contribution in [3.05, 3.63) is 65.7 Å². The molecule has 1 N–H and O–H groups in total. The van der Waals surface area contributed by atoms with Gasteiger partial charge in [-0.1, -0.05) is 30.3 Å². The molecule has 26 heavy (non-hydrogen) atoms. The van der Waals surface area contributed by atoms with E-state index in [1.807, 2.05) is 6.07 Å². The zero-order chi connectivity index (χ0) is 18.4. The number of methoxy groups -OCH3 is 1. The molecular formula is C20H23N3O2S. The Balaban J connectivity index is 1.47. The van der Waals surface area contributed by atoms with Gasteiger partial charge >= 0.3 is 0 Å². The van der Waals surface area contributed by atoms with E-state index in [0.717, 1.165) is 38.5 Å². The lowest BCUT2D eigenvalue weighted by Crippen LogP contribution is -2.52. The lowest BCUT2D eigenvalue weighted by molar-refractivity contribution is 0.0969. The van der Waals surface area contributed by atoms with Crippen molar-refractivity contribution in [1.82, 2.24) is 15.1 Å². The highest BCUT2D eigenvalue weighted by Gasteiger charge is 2.20. The number of nitrogens with one attached hydrogen (secondary N) is 1. The highest BCUT2D eigenvalue weighted by Crippen LogP contribution is 2.12. The number of hydrogen-bond acceptors (Lipinski definition) is 4. The number of hydrogen-bond donors (Lipinski definition) is 1. The van der Waals surface area contributed by atoms with E-state index in [1.54, 1.807) is 31.4 Å². The molecule has 0 unspecified atom stereocenters. The van der Waals surface area contributed by atoms with E-state index in [4.69, 9.17) is 17.0 Å². The predicted molar refractivity (Wildman–Crippen MR) is 106 cm³/mol. The van der Waals surface area contributed by atoms with Gasteiger partial charge in [-0.15, -0.1) is 0 Å². The monoisotopic (exact) mass is 369 g/mol. The fraction of sp³-hybridized carbons (Fsp3) is 0.300. The predicted octanol–water partition coefficient (Wildman–Crippen LogP) is 2.53. The molecule has 1 fully saturated rings. The highest BCUT2D eigenvalue weighted by molar-refractivity contribution is 7.80. The molecular weight excluding hydrogens is 346 g/mol. The normalized spacial score (nSPS) is 14.7. The first-order valence-corrected chi connectivity index (χ1v) is 9.07. The largest absolute Gasteiger partial charge is 0.497 e. The van der Waals surface area contributed by atoms with Crippen LogP contribution in [0.4, 0.5) is 0 Å². The summed E-state index contributed by atoms with van der Waals surface area (Å²) >= 11 is 5.42. The Morgan fingerprint density at radius 2 is 1.69 bits per heavy atom. The van der Waals surface area contributed by atoms with Crippen molar-refractivity contribution in [2.45, 2.75) is 6.54 Å². The number of amides is 1. The van der Waals surface area contributed by atoms with Crippen molar-refractivity contribution >= 4 is 23.2 Å². The first kappa shape index (κ1) is 18.4. The second kappa shape index (κ2) is 8.78. The number of ether oxygens (including phenoxy) is 1. The summed E-state index contributed by atoms with van der Waals surface area (Å²) in [5.41, 5.74) is 1.88. The van der Waals surface area contributed by atoms with Crippen LogP contribution < -0.4 is 10.1 Å². The van der Waals surface area contributed by atoms with Crippen LogP contribution in [0, 0.1) is 0 Å². The van der Waals surface area contributed by atoms with Crippen LogP contribution in [0.1, 0.15) is 15.9 Å². The molecule has 0 aliphatic carbocycles. The van der Waals surface area contributed by atoms with Crippen LogP contribution >= 0.6 is 12.2 Å². The standard InChI is InChI=1S/C20H23N3O2S/c1-25-18-9-7-17(8-10-18)19(24)21-20(26)23-13-11-22(12-14-23)15-16-5-3-2-4-6-16/h2-10H,11-15H2,1H3,(H,21,24,26). The second-order valence-electron chi connectivity index (χ2n) is 6.24. The van der Waals surface area contributed by atoms with Crippen LogP contribution in [-0.4, -0.2) is 54.1 Å². The summed E-state index contributed by atoms with van der Waals surface area (Å²) in [5.74, 6) is 0.531. The van der Waals surface area contributed by atoms with Crippen LogP contribution in [-0.2, 0) is 6.54 Å². The molecule has 0 saturated carbocycles. The maximum absolute atomic E-state index is 12.3. The van der Waals surface area contributed by atoms with Gasteiger partial charge in [0.15, 0.2) is 5.11 Å². The maximum Gasteiger partial charge on any atom is 0.257 e. The van der Waals surface area contributed by atoms with E-state index in [2.05, 4.69) is 39.4 Å². The maximum atomic E-state index is 12.3. The average Bonchev–Trinajstić information content (AvgIpc) is 2.69. The van der Waals surface area contributed by atoms with Crippen molar-refractivity contribution in [3.8, 4) is 5.75 Å². The van der Waals surface area contributed by atoms with E-state index in [1.165, 1.54) is 5.56 Å². The molecule has 1 saturated heterocycles. The van der Waals surface area contributed by atoms with Gasteiger partial charge in [0.1, 0.15) is 5.75 Å². The number of piperazine rings is 1. The molecule has 0 radical (unpaired) electrons. The molecule has 6 heteroatoms. The molecule has 5 nitrogen and oxygen atoms in total. The molecule has 0 aromatic heterocycles. The Labute approximate surface area is 159 Å². The number of carbonyl (C=O) groups excluding carboxylic acids is 1. The Bertz CT molecular complexity index is 741. The number of rotatable bonds is 4. The summed E-state index contributed by atoms with van der Waals surface area (Å²) < 4.78 is 5.11. The number of carbonyl (C=O) groups is 1. The zero-order valence-electron chi connectivity index (χ0n) is 14.9. The fourth-order valence-corrected chi connectivity index (χ4v) is 3.22. The van der Waals surface area contributed by atoms with Crippen LogP contribution in [0.2, 0.25) is 0 Å². The average molecular weight is 369 g/mol. The van der Waals surface area contributed by atoms with Crippen LogP contribution in [0.5, 0.6) is 5.75 Å². The van der Waals surface area contributed by atoms with Gasteiger partial charge in [0.25, 0.3) is 5.91 Å². The van der Waals surface area contributed by atoms with Gasteiger partial charge in [-0.05, 0) is 42.0 Å². The number of benzene rings is 2. The Kier molecular flexibility index (Phi) is 6.20. The van der Waals surface area contributed by atoms with Gasteiger partial charge in [0.05, 0.1) is 7.11 Å². The molecule has 0 atom stereocenters. The third-order valence-corrected chi connectivity index (χ3v) is 4.84. The molecule has 1 amide bonds. The van der Waals surface area contributed by atoms with E-state index in [0.29, 0.717) is 10.7 Å². The van der Waals surface area contributed by atoms with Crippen molar-refractivity contribution in [2.75, 3.05) is 33.3 Å². The van der Waals surface area contributed by atoms with Crippen molar-refractivity contribution < 1.29 is 9.53 Å². The lowest BCUT2D eigenvalue weighted by Gasteiger charge is -2.36. The van der Waals surface area contributed by atoms with E-state index in [-0.39, 0.29) is 5.91 Å². The van der Waals surface area contributed by atoms with Gasteiger partial charge in [-0.2, -0.15) is 0 Å². The summed E-state index contributed by atoms with van der Waals surface area (Å²) in [7, 11) is 1.60. The topological polar surface area (TPSA) is 44.8 Å². The SMILES string of the molecule is COc1ccc(C(=O)NC(=S)N2CCN(Cc3ccccc3)CC2)cc1. The molecule has 2 aromatic carbocycles. The van der Waals surface area contributed by atoms with Crippen LogP contribution in [0.25, 0.3) is 0 Å². The molecule has 1 aliphatic rings. The first-order valence-electron chi connectivity index (χ1n) is 8.66. The highest BCUT2D eigenvalue weighted by atomic mass is 32.1. The minimum absolute atomic E-state index is 0.190. The number of thiocarbonyl (C=S) groups is 1. The lowest BCUT2D eigenvalue weighted by atomic mass is 10.2. The van der Waals surface area contributed by atoms with Gasteiger partial charge in [0, 0.05) is 38.3 Å². The summed E-state index contributed by atoms with van der Waals surface area (Å²) in [6.07, 6.45) is 0. The minimum Gasteiger partial charge on any atom is -0.497 e. The molecule has 3 rings (SSSR count). The fourth-order valence-electron chi connectivity index (χ4n) is 2.94. The molecule has 136 valence electrons. The van der Waals surface area contributed by atoms with Crippen LogP contribution in [0.15, 0.2) is 54.6 Å². The summed E-state index contributed by atoms with van der Waals surface area (Å²) in [6, 6.07) is 17.4. The van der Waals surface area contributed by atoms with Crippen molar-refractivity contribution in [2.24, 2.45) is 0 Å². The molecule has 1 aliphatic heterocycles. The van der Waals surface area contributed by atoms with E-state index in [9.17, 15) is 4.79 Å². The van der Waals surface area contributed by atoms with Crippen LogP contribution in [0.3, 0.4) is 0 Å². The quantitative estimate of drug-likeness (QED) is 0.839. The van der Waals surface area contributed by atoms with Crippen molar-refractivity contribution in [3.63, 3.8) is 0 Å². The first-order chi connectivity index (χ1) is 12.7. The summed E-state index contributed by atoms with van der Waals surface area (Å²) in [6.45, 7) is 4.42. The number of nitrogens with zero attached hydrogens (tertiary/aromatic N) is 2. The molecule has 0 spiro atoms. The Morgan fingerprint density at radius 1 is 1.04 bits per heavy atom. The van der Waals surface area contributed by atoms with Gasteiger partial charge in [-0.3, -0.25) is 15.0 Å². The molecule has 0 bridgehead atoms. The smallest absolute Gasteiger partial charge is 0.257 e. The minimum atomic E-state index is -0.190. The second-order valence-corrected chi connectivity index (χ2v) is 6.62. The summed E-state index contributed by atoms with van der Waals surface area (Å²) in [5, 5.41) is 3.32. The third kappa shape index (κ3) is 4.80.